The minimum absolute atomic E-state index is 0.0839. The molecular formula is C21H33NO3. The Morgan fingerprint density at radius 3 is 1.92 bits per heavy atom. The molecule has 5 aliphatic rings. The Kier molecular flexibility index (Phi) is 5.06. The van der Waals surface area contributed by atoms with Gasteiger partial charge in [-0.1, -0.05) is 32.1 Å². The molecule has 1 amide bonds. The maximum Gasteiger partial charge on any atom is 0.312 e. The number of hydrogen-bond acceptors (Lipinski definition) is 3. The van der Waals surface area contributed by atoms with Gasteiger partial charge in [0.2, 0.25) is 0 Å². The van der Waals surface area contributed by atoms with Crippen LogP contribution in [0, 0.1) is 23.2 Å². The van der Waals surface area contributed by atoms with Crippen molar-refractivity contribution in [3.8, 4) is 0 Å². The summed E-state index contributed by atoms with van der Waals surface area (Å²) in [6, 6.07) is 0.269. The van der Waals surface area contributed by atoms with E-state index < -0.39 is 0 Å². The fourth-order valence-corrected chi connectivity index (χ4v) is 6.51. The topological polar surface area (TPSA) is 55.4 Å². The smallest absolute Gasteiger partial charge is 0.312 e. The van der Waals surface area contributed by atoms with Crippen molar-refractivity contribution in [1.29, 1.82) is 0 Å². The Morgan fingerprint density at radius 1 is 0.840 bits per heavy atom. The molecule has 1 N–H and O–H groups in total. The third-order valence-electron chi connectivity index (χ3n) is 7.28. The lowest BCUT2D eigenvalue weighted by atomic mass is 9.49. The van der Waals surface area contributed by atoms with E-state index in [4.69, 9.17) is 4.74 Å². The van der Waals surface area contributed by atoms with Crippen molar-refractivity contribution in [1.82, 2.24) is 5.32 Å². The molecule has 0 aromatic rings. The number of carbonyl (C=O) groups is 2. The van der Waals surface area contributed by atoms with E-state index in [2.05, 4.69) is 5.32 Å². The third-order valence-corrected chi connectivity index (χ3v) is 7.28. The number of ether oxygens (including phenoxy) is 1. The molecule has 4 bridgehead atoms. The second kappa shape index (κ2) is 7.28. The van der Waals surface area contributed by atoms with Crippen LogP contribution in [0.2, 0.25) is 0 Å². The van der Waals surface area contributed by atoms with Gasteiger partial charge in [-0.15, -0.1) is 0 Å². The maximum atomic E-state index is 12.8. The normalized spacial score (nSPS) is 38.0. The highest BCUT2D eigenvalue weighted by molar-refractivity contribution is 5.83. The van der Waals surface area contributed by atoms with Gasteiger partial charge in [0, 0.05) is 6.04 Å². The van der Waals surface area contributed by atoms with Gasteiger partial charge in [-0.2, -0.15) is 0 Å². The number of amides is 1. The van der Waals surface area contributed by atoms with E-state index in [1.54, 1.807) is 0 Å². The second-order valence-electron chi connectivity index (χ2n) is 9.38. The van der Waals surface area contributed by atoms with E-state index >= 15 is 0 Å². The molecule has 0 heterocycles. The molecule has 0 atom stereocenters. The first kappa shape index (κ1) is 17.4. The van der Waals surface area contributed by atoms with E-state index in [1.165, 1.54) is 51.4 Å². The van der Waals surface area contributed by atoms with Gasteiger partial charge in [0.25, 0.3) is 5.91 Å². The van der Waals surface area contributed by atoms with Crippen molar-refractivity contribution in [3.63, 3.8) is 0 Å². The standard InChI is InChI=1S/C21H33NO3/c23-19(22-18-6-4-2-1-3-5-7-18)14-25-20(24)21-11-15-8-16(12-21)10-17(9-15)13-21/h15-18H,1-14H2,(H,22,23). The van der Waals surface area contributed by atoms with Gasteiger partial charge >= 0.3 is 5.97 Å². The van der Waals surface area contributed by atoms with Crippen molar-refractivity contribution >= 4 is 11.9 Å². The molecule has 4 nitrogen and oxygen atoms in total. The molecule has 25 heavy (non-hydrogen) atoms. The lowest BCUT2D eigenvalue weighted by Gasteiger charge is -2.55. The summed E-state index contributed by atoms with van der Waals surface area (Å²) in [4.78, 5) is 25.0. The van der Waals surface area contributed by atoms with E-state index in [-0.39, 0.29) is 29.9 Å². The highest BCUT2D eigenvalue weighted by atomic mass is 16.5. The van der Waals surface area contributed by atoms with E-state index in [1.807, 2.05) is 0 Å². The Hall–Kier alpha value is -1.06. The molecule has 140 valence electrons. The van der Waals surface area contributed by atoms with E-state index in [0.29, 0.717) is 0 Å². The number of hydrogen-bond donors (Lipinski definition) is 1. The number of carbonyl (C=O) groups excluding carboxylic acids is 2. The molecule has 0 aromatic heterocycles. The molecule has 0 spiro atoms. The highest BCUT2D eigenvalue weighted by Crippen LogP contribution is 2.60. The van der Waals surface area contributed by atoms with E-state index in [0.717, 1.165) is 49.9 Å². The average molecular weight is 347 g/mol. The zero-order valence-corrected chi connectivity index (χ0v) is 15.4. The predicted molar refractivity (Wildman–Crippen MR) is 95.8 cm³/mol. The summed E-state index contributed by atoms with van der Waals surface area (Å²) in [5.74, 6) is 1.98. The van der Waals surface area contributed by atoms with Gasteiger partial charge in [0.15, 0.2) is 6.61 Å². The lowest BCUT2D eigenvalue weighted by molar-refractivity contribution is -0.173. The van der Waals surface area contributed by atoms with Gasteiger partial charge in [0.1, 0.15) is 0 Å². The van der Waals surface area contributed by atoms with Gasteiger partial charge < -0.3 is 10.1 Å². The zero-order valence-electron chi connectivity index (χ0n) is 15.4. The first-order valence-electron chi connectivity index (χ1n) is 10.6. The first-order chi connectivity index (χ1) is 12.1. The monoisotopic (exact) mass is 347 g/mol. The molecule has 5 rings (SSSR count). The van der Waals surface area contributed by atoms with Gasteiger partial charge in [-0.3, -0.25) is 9.59 Å². The minimum Gasteiger partial charge on any atom is -0.455 e. The van der Waals surface area contributed by atoms with Crippen LogP contribution < -0.4 is 5.32 Å². The first-order valence-corrected chi connectivity index (χ1v) is 10.6. The predicted octanol–water partition coefficient (Wildman–Crippen LogP) is 3.98. The molecular weight excluding hydrogens is 314 g/mol. The number of esters is 1. The van der Waals surface area contributed by atoms with Crippen molar-refractivity contribution in [2.24, 2.45) is 23.2 Å². The molecule has 0 saturated heterocycles. The molecule has 5 aliphatic carbocycles. The minimum atomic E-state index is -0.255. The Bertz CT molecular complexity index is 472. The Morgan fingerprint density at radius 2 is 1.36 bits per heavy atom. The van der Waals surface area contributed by atoms with Crippen LogP contribution in [-0.2, 0) is 14.3 Å². The molecule has 4 heteroatoms. The maximum absolute atomic E-state index is 12.8. The van der Waals surface area contributed by atoms with E-state index in [9.17, 15) is 9.59 Å². The Labute approximate surface area is 151 Å². The van der Waals surface area contributed by atoms with Crippen molar-refractivity contribution in [3.05, 3.63) is 0 Å². The van der Waals surface area contributed by atoms with Crippen LogP contribution in [0.1, 0.15) is 83.5 Å². The van der Waals surface area contributed by atoms with Crippen LogP contribution in [-0.4, -0.2) is 24.5 Å². The summed E-state index contributed by atoms with van der Waals surface area (Å²) in [7, 11) is 0. The molecule has 0 radical (unpaired) electrons. The molecule has 5 fully saturated rings. The van der Waals surface area contributed by atoms with Crippen molar-refractivity contribution in [2.75, 3.05) is 6.61 Å². The van der Waals surface area contributed by atoms with Crippen LogP contribution >= 0.6 is 0 Å². The second-order valence-corrected chi connectivity index (χ2v) is 9.38. The molecule has 0 aromatic carbocycles. The van der Waals surface area contributed by atoms with Crippen LogP contribution in [0.3, 0.4) is 0 Å². The van der Waals surface area contributed by atoms with Crippen LogP contribution in [0.5, 0.6) is 0 Å². The lowest BCUT2D eigenvalue weighted by Crippen LogP contribution is -2.51. The van der Waals surface area contributed by atoms with Crippen molar-refractivity contribution < 1.29 is 14.3 Å². The van der Waals surface area contributed by atoms with Crippen LogP contribution in [0.25, 0.3) is 0 Å². The summed E-state index contributed by atoms with van der Waals surface area (Å²) < 4.78 is 5.54. The summed E-state index contributed by atoms with van der Waals surface area (Å²) in [6.07, 6.45) is 15.3. The van der Waals surface area contributed by atoms with Crippen LogP contribution in [0.4, 0.5) is 0 Å². The summed E-state index contributed by atoms with van der Waals surface area (Å²) >= 11 is 0. The third kappa shape index (κ3) is 3.88. The van der Waals surface area contributed by atoms with Gasteiger partial charge in [-0.05, 0) is 69.1 Å². The van der Waals surface area contributed by atoms with Crippen LogP contribution in [0.15, 0.2) is 0 Å². The fourth-order valence-electron chi connectivity index (χ4n) is 6.51. The molecule has 0 aliphatic heterocycles. The number of rotatable bonds is 4. The molecule has 5 saturated carbocycles. The SMILES string of the molecule is O=C(COC(=O)C12CC3CC(CC(C3)C1)C2)NC1CCCCCCC1. The summed E-state index contributed by atoms with van der Waals surface area (Å²) in [6.45, 7) is -0.0862. The fraction of sp³-hybridized carbons (Fsp3) is 0.905. The largest absolute Gasteiger partial charge is 0.455 e. The zero-order chi connectivity index (χ0) is 17.3. The summed E-state index contributed by atoms with van der Waals surface area (Å²) in [5.41, 5.74) is -0.255. The molecule has 0 unspecified atom stereocenters. The number of nitrogens with one attached hydrogen (secondary N) is 1. The Balaban J connectivity index is 1.26. The van der Waals surface area contributed by atoms with Gasteiger partial charge in [-0.25, -0.2) is 0 Å². The average Bonchev–Trinajstić information content (AvgIpc) is 2.53. The van der Waals surface area contributed by atoms with Gasteiger partial charge in [0.05, 0.1) is 5.41 Å². The summed E-state index contributed by atoms with van der Waals surface area (Å²) in [5, 5.41) is 3.10. The quantitative estimate of drug-likeness (QED) is 0.783. The highest BCUT2D eigenvalue weighted by Gasteiger charge is 2.55. The van der Waals surface area contributed by atoms with Crippen molar-refractivity contribution in [2.45, 2.75) is 89.5 Å².